The molecular weight excluding hydrogens is 246 g/mol. The second kappa shape index (κ2) is 7.36. The summed E-state index contributed by atoms with van der Waals surface area (Å²) in [6.45, 7) is 11.2. The van der Waals surface area contributed by atoms with Gasteiger partial charge in [-0.15, -0.1) is 0 Å². The molecule has 2 atom stereocenters. The van der Waals surface area contributed by atoms with Crippen molar-refractivity contribution in [3.63, 3.8) is 0 Å². The Morgan fingerprint density at radius 3 is 2.05 bits per heavy atom. The molecule has 5 heteroatoms. The SMILES string of the molecule is CC[C@@H](C(=O)OC)[C@@H](NC(=O)OC(C)(C)C)C(C)C. The number of amides is 1. The van der Waals surface area contributed by atoms with Crippen molar-refractivity contribution in [3.05, 3.63) is 0 Å². The fraction of sp³-hybridized carbons (Fsp3) is 0.857. The van der Waals surface area contributed by atoms with Crippen LogP contribution in [0.3, 0.4) is 0 Å². The zero-order valence-corrected chi connectivity index (χ0v) is 13.1. The van der Waals surface area contributed by atoms with Crippen LogP contribution in [0.2, 0.25) is 0 Å². The van der Waals surface area contributed by atoms with Crippen molar-refractivity contribution in [2.45, 2.75) is 59.6 Å². The number of nitrogens with one attached hydrogen (secondary N) is 1. The number of esters is 1. The number of alkyl carbamates (subject to hydrolysis) is 1. The molecule has 0 spiro atoms. The largest absolute Gasteiger partial charge is 0.469 e. The molecule has 0 aliphatic rings. The number of hydrogen-bond acceptors (Lipinski definition) is 4. The number of methoxy groups -OCH3 is 1. The van der Waals surface area contributed by atoms with E-state index in [0.717, 1.165) is 0 Å². The van der Waals surface area contributed by atoms with Crippen LogP contribution in [-0.2, 0) is 14.3 Å². The van der Waals surface area contributed by atoms with Gasteiger partial charge in [-0.05, 0) is 33.1 Å². The first-order valence-electron chi connectivity index (χ1n) is 6.69. The zero-order chi connectivity index (χ0) is 15.2. The van der Waals surface area contributed by atoms with Crippen molar-refractivity contribution in [1.29, 1.82) is 0 Å². The summed E-state index contributed by atoms with van der Waals surface area (Å²) < 4.78 is 10.0. The molecule has 5 nitrogen and oxygen atoms in total. The highest BCUT2D eigenvalue weighted by Gasteiger charge is 2.32. The fourth-order valence-corrected chi connectivity index (χ4v) is 1.89. The quantitative estimate of drug-likeness (QED) is 0.782. The number of ether oxygens (including phenoxy) is 2. The van der Waals surface area contributed by atoms with E-state index in [1.807, 2.05) is 20.8 Å². The van der Waals surface area contributed by atoms with Gasteiger partial charge in [-0.25, -0.2) is 4.79 Å². The summed E-state index contributed by atoms with van der Waals surface area (Å²) in [4.78, 5) is 23.6. The summed E-state index contributed by atoms with van der Waals surface area (Å²) in [5, 5.41) is 2.78. The molecule has 0 aromatic rings. The Balaban J connectivity index is 4.82. The van der Waals surface area contributed by atoms with Gasteiger partial charge >= 0.3 is 12.1 Å². The minimum absolute atomic E-state index is 0.108. The number of hydrogen-bond donors (Lipinski definition) is 1. The van der Waals surface area contributed by atoms with Crippen LogP contribution in [0.15, 0.2) is 0 Å². The van der Waals surface area contributed by atoms with Crippen molar-refractivity contribution < 1.29 is 19.1 Å². The van der Waals surface area contributed by atoms with E-state index in [1.54, 1.807) is 20.8 Å². The molecule has 0 radical (unpaired) electrons. The van der Waals surface area contributed by atoms with E-state index in [9.17, 15) is 9.59 Å². The van der Waals surface area contributed by atoms with Gasteiger partial charge in [0.15, 0.2) is 0 Å². The maximum atomic E-state index is 11.8. The summed E-state index contributed by atoms with van der Waals surface area (Å²) in [5.74, 6) is -0.564. The predicted molar refractivity (Wildman–Crippen MR) is 73.8 cm³/mol. The highest BCUT2D eigenvalue weighted by atomic mass is 16.6. The van der Waals surface area contributed by atoms with Crippen molar-refractivity contribution in [3.8, 4) is 0 Å². The lowest BCUT2D eigenvalue weighted by molar-refractivity contribution is -0.147. The molecule has 0 heterocycles. The molecule has 0 aliphatic carbocycles. The number of carbonyl (C=O) groups excluding carboxylic acids is 2. The summed E-state index contributed by atoms with van der Waals surface area (Å²) in [7, 11) is 1.36. The van der Waals surface area contributed by atoms with Crippen LogP contribution in [0.5, 0.6) is 0 Å². The monoisotopic (exact) mass is 273 g/mol. The Labute approximate surface area is 116 Å². The standard InChI is InChI=1S/C14H27NO4/c1-8-10(12(16)18-7)11(9(2)3)15-13(17)19-14(4,5)6/h9-11H,8H2,1-7H3,(H,15,17)/t10-,11+/m1/s1. The van der Waals surface area contributed by atoms with E-state index >= 15 is 0 Å². The lowest BCUT2D eigenvalue weighted by Crippen LogP contribution is -2.48. The lowest BCUT2D eigenvalue weighted by atomic mass is 9.88. The van der Waals surface area contributed by atoms with Gasteiger partial charge in [0.2, 0.25) is 0 Å². The van der Waals surface area contributed by atoms with Crippen molar-refractivity contribution in [1.82, 2.24) is 5.32 Å². The molecule has 0 saturated heterocycles. The molecule has 0 aliphatic heterocycles. The first kappa shape index (κ1) is 17.7. The van der Waals surface area contributed by atoms with Gasteiger partial charge in [-0.3, -0.25) is 4.79 Å². The average molecular weight is 273 g/mol. The third-order valence-electron chi connectivity index (χ3n) is 2.78. The molecular formula is C14H27NO4. The van der Waals surface area contributed by atoms with Crippen molar-refractivity contribution in [2.75, 3.05) is 7.11 Å². The Bertz CT molecular complexity index is 307. The van der Waals surface area contributed by atoms with Gasteiger partial charge in [-0.1, -0.05) is 20.8 Å². The van der Waals surface area contributed by atoms with Crippen LogP contribution < -0.4 is 5.32 Å². The normalized spacial score (nSPS) is 14.7. The van der Waals surface area contributed by atoms with Crippen LogP contribution in [0.25, 0.3) is 0 Å². The third kappa shape index (κ3) is 6.45. The van der Waals surface area contributed by atoms with Crippen LogP contribution in [0, 0.1) is 11.8 Å². The van der Waals surface area contributed by atoms with Crippen LogP contribution in [-0.4, -0.2) is 30.8 Å². The van der Waals surface area contributed by atoms with Gasteiger partial charge in [-0.2, -0.15) is 0 Å². The maximum absolute atomic E-state index is 11.8. The number of rotatable bonds is 5. The first-order chi connectivity index (χ1) is 8.62. The molecule has 0 aromatic heterocycles. The second-order valence-electron chi connectivity index (χ2n) is 5.95. The maximum Gasteiger partial charge on any atom is 0.407 e. The fourth-order valence-electron chi connectivity index (χ4n) is 1.89. The zero-order valence-electron chi connectivity index (χ0n) is 13.1. The van der Waals surface area contributed by atoms with Gasteiger partial charge in [0, 0.05) is 6.04 Å². The van der Waals surface area contributed by atoms with Crippen LogP contribution in [0.4, 0.5) is 4.79 Å². The average Bonchev–Trinajstić information content (AvgIpc) is 2.25. The van der Waals surface area contributed by atoms with Gasteiger partial charge < -0.3 is 14.8 Å². The van der Waals surface area contributed by atoms with Crippen molar-refractivity contribution >= 4 is 12.1 Å². The number of carbonyl (C=O) groups is 2. The van der Waals surface area contributed by atoms with E-state index < -0.39 is 11.7 Å². The molecule has 1 N–H and O–H groups in total. The summed E-state index contributed by atoms with van der Waals surface area (Å²) in [6.07, 6.45) is 0.0965. The third-order valence-corrected chi connectivity index (χ3v) is 2.78. The summed E-state index contributed by atoms with van der Waals surface area (Å²) >= 11 is 0. The molecule has 1 amide bonds. The topological polar surface area (TPSA) is 64.6 Å². The van der Waals surface area contributed by atoms with Gasteiger partial charge in [0.05, 0.1) is 13.0 Å². The van der Waals surface area contributed by atoms with E-state index in [0.29, 0.717) is 6.42 Å². The minimum Gasteiger partial charge on any atom is -0.469 e. The minimum atomic E-state index is -0.557. The molecule has 0 unspecified atom stereocenters. The van der Waals surface area contributed by atoms with E-state index in [-0.39, 0.29) is 23.8 Å². The Kier molecular flexibility index (Phi) is 6.87. The molecule has 0 saturated carbocycles. The first-order valence-corrected chi connectivity index (χ1v) is 6.69. The van der Waals surface area contributed by atoms with E-state index in [2.05, 4.69) is 5.32 Å². The Morgan fingerprint density at radius 2 is 1.74 bits per heavy atom. The molecule has 0 bridgehead atoms. The van der Waals surface area contributed by atoms with Gasteiger partial charge in [0.1, 0.15) is 5.60 Å². The molecule has 19 heavy (non-hydrogen) atoms. The van der Waals surface area contributed by atoms with Crippen molar-refractivity contribution in [2.24, 2.45) is 11.8 Å². The predicted octanol–water partition coefficient (Wildman–Crippen LogP) is 2.73. The Morgan fingerprint density at radius 1 is 1.21 bits per heavy atom. The Hall–Kier alpha value is -1.26. The molecule has 0 rings (SSSR count). The second-order valence-corrected chi connectivity index (χ2v) is 5.95. The smallest absolute Gasteiger partial charge is 0.407 e. The summed E-state index contributed by atoms with van der Waals surface area (Å²) in [5.41, 5.74) is -0.557. The molecule has 0 fully saturated rings. The highest BCUT2D eigenvalue weighted by Crippen LogP contribution is 2.19. The van der Waals surface area contributed by atoms with Gasteiger partial charge in [0.25, 0.3) is 0 Å². The molecule has 0 aromatic carbocycles. The van der Waals surface area contributed by atoms with E-state index in [4.69, 9.17) is 9.47 Å². The summed E-state index contributed by atoms with van der Waals surface area (Å²) in [6, 6.07) is -0.299. The molecule has 112 valence electrons. The van der Waals surface area contributed by atoms with Crippen LogP contribution >= 0.6 is 0 Å². The lowest BCUT2D eigenvalue weighted by Gasteiger charge is -2.30. The highest BCUT2D eigenvalue weighted by molar-refractivity contribution is 5.75. The van der Waals surface area contributed by atoms with Crippen LogP contribution in [0.1, 0.15) is 48.0 Å². The van der Waals surface area contributed by atoms with E-state index in [1.165, 1.54) is 7.11 Å².